The fourth-order valence-corrected chi connectivity index (χ4v) is 3.76. The zero-order valence-corrected chi connectivity index (χ0v) is 16.3. The van der Waals surface area contributed by atoms with Crippen LogP contribution in [0.15, 0.2) is 63.8 Å². The van der Waals surface area contributed by atoms with E-state index in [1.807, 2.05) is 6.07 Å². The summed E-state index contributed by atoms with van der Waals surface area (Å²) in [5.74, 6) is -0.673. The number of hydrogen-bond acceptors (Lipinski definition) is 4. The van der Waals surface area contributed by atoms with Crippen molar-refractivity contribution in [3.63, 3.8) is 0 Å². The summed E-state index contributed by atoms with van der Waals surface area (Å²) < 4.78 is 15.9. The second-order valence-electron chi connectivity index (χ2n) is 6.49. The molecule has 1 aromatic heterocycles. The summed E-state index contributed by atoms with van der Waals surface area (Å²) in [4.78, 5) is 16.0. The highest BCUT2D eigenvalue weighted by atomic mass is 35.5. The standard InChI is InChI=1S/C19H19Cl2FN4O/c1-11(20)18(21)17(12(2)22)19(6-7-23-10-19)25-13-4-5-14-15(8-13)26(3)16(27)9-24-14/h4-5,8-9,23,25H,1-2,6-7,10H2,3H3/b18-17-. The molecular weight excluding hydrogens is 390 g/mol. The summed E-state index contributed by atoms with van der Waals surface area (Å²) in [6.07, 6.45) is 1.84. The third-order valence-corrected chi connectivity index (χ3v) is 5.43. The lowest BCUT2D eigenvalue weighted by Crippen LogP contribution is -2.43. The number of rotatable bonds is 5. The molecular formula is C19H19Cl2FN4O. The number of nitrogens with one attached hydrogen (secondary N) is 2. The maximum absolute atomic E-state index is 14.4. The van der Waals surface area contributed by atoms with E-state index in [4.69, 9.17) is 23.2 Å². The summed E-state index contributed by atoms with van der Waals surface area (Å²) >= 11 is 12.2. The van der Waals surface area contributed by atoms with Crippen LogP contribution in [0, 0.1) is 0 Å². The van der Waals surface area contributed by atoms with E-state index in [2.05, 4.69) is 28.8 Å². The second-order valence-corrected chi connectivity index (χ2v) is 7.33. The van der Waals surface area contributed by atoms with Crippen molar-refractivity contribution >= 4 is 39.9 Å². The fraction of sp³-hybridized carbons (Fsp3) is 0.263. The van der Waals surface area contributed by atoms with Gasteiger partial charge in [-0.2, -0.15) is 0 Å². The molecule has 0 saturated carbocycles. The van der Waals surface area contributed by atoms with Gasteiger partial charge in [0.25, 0.3) is 5.56 Å². The molecule has 0 aliphatic carbocycles. The third-order valence-electron chi connectivity index (χ3n) is 4.73. The van der Waals surface area contributed by atoms with E-state index in [1.54, 1.807) is 19.2 Å². The number of anilines is 1. The Morgan fingerprint density at radius 2 is 2.15 bits per heavy atom. The van der Waals surface area contributed by atoms with Crippen LogP contribution in [-0.2, 0) is 7.05 Å². The Balaban J connectivity index is 2.12. The number of nitrogens with zero attached hydrogens (tertiary/aromatic N) is 2. The van der Waals surface area contributed by atoms with Gasteiger partial charge in [-0.1, -0.05) is 36.4 Å². The van der Waals surface area contributed by atoms with Crippen molar-refractivity contribution in [1.29, 1.82) is 0 Å². The molecule has 1 aliphatic rings. The van der Waals surface area contributed by atoms with Gasteiger partial charge in [0.15, 0.2) is 0 Å². The van der Waals surface area contributed by atoms with E-state index < -0.39 is 11.4 Å². The molecule has 2 heterocycles. The molecule has 0 radical (unpaired) electrons. The molecule has 2 aromatic rings. The molecule has 27 heavy (non-hydrogen) atoms. The van der Waals surface area contributed by atoms with Crippen LogP contribution in [-0.4, -0.2) is 28.2 Å². The molecule has 3 rings (SSSR count). The highest BCUT2D eigenvalue weighted by Crippen LogP contribution is 2.39. The molecule has 8 heteroatoms. The number of fused-ring (bicyclic) bond motifs is 1. The van der Waals surface area contributed by atoms with E-state index in [9.17, 15) is 9.18 Å². The van der Waals surface area contributed by atoms with Gasteiger partial charge in [0.2, 0.25) is 0 Å². The first-order valence-corrected chi connectivity index (χ1v) is 9.05. The van der Waals surface area contributed by atoms with Gasteiger partial charge in [0.05, 0.1) is 32.8 Å². The number of aromatic nitrogens is 2. The summed E-state index contributed by atoms with van der Waals surface area (Å²) in [6.45, 7) is 8.13. The van der Waals surface area contributed by atoms with E-state index in [0.717, 1.165) is 0 Å². The van der Waals surface area contributed by atoms with Crippen molar-refractivity contribution in [3.05, 3.63) is 69.4 Å². The zero-order chi connectivity index (χ0) is 19.8. The van der Waals surface area contributed by atoms with E-state index >= 15 is 0 Å². The van der Waals surface area contributed by atoms with Crippen molar-refractivity contribution < 1.29 is 4.39 Å². The topological polar surface area (TPSA) is 59.0 Å². The molecule has 142 valence electrons. The Morgan fingerprint density at radius 3 is 2.74 bits per heavy atom. The first-order chi connectivity index (χ1) is 12.7. The van der Waals surface area contributed by atoms with Crippen LogP contribution in [0.5, 0.6) is 0 Å². The summed E-state index contributed by atoms with van der Waals surface area (Å²) in [6, 6.07) is 5.41. The number of benzene rings is 1. The number of allylic oxidation sites excluding steroid dienone is 2. The molecule has 1 aliphatic heterocycles. The monoisotopic (exact) mass is 408 g/mol. The average Bonchev–Trinajstić information content (AvgIpc) is 3.07. The van der Waals surface area contributed by atoms with Gasteiger partial charge in [-0.05, 0) is 31.2 Å². The summed E-state index contributed by atoms with van der Waals surface area (Å²) in [5.41, 5.74) is 1.14. The molecule has 0 amide bonds. The van der Waals surface area contributed by atoms with Crippen LogP contribution >= 0.6 is 23.2 Å². The first kappa shape index (κ1) is 19.6. The fourth-order valence-electron chi connectivity index (χ4n) is 3.38. The minimum Gasteiger partial charge on any atom is -0.374 e. The molecule has 1 atom stereocenters. The quantitative estimate of drug-likeness (QED) is 0.738. The van der Waals surface area contributed by atoms with Gasteiger partial charge in [-0.3, -0.25) is 4.79 Å². The van der Waals surface area contributed by atoms with Crippen molar-refractivity contribution in [2.24, 2.45) is 7.05 Å². The largest absolute Gasteiger partial charge is 0.374 e. The Bertz CT molecular complexity index is 1020. The molecule has 1 aromatic carbocycles. The van der Waals surface area contributed by atoms with Crippen LogP contribution < -0.4 is 16.2 Å². The predicted molar refractivity (Wildman–Crippen MR) is 109 cm³/mol. The molecule has 5 nitrogen and oxygen atoms in total. The molecule has 2 N–H and O–H groups in total. The van der Waals surface area contributed by atoms with Gasteiger partial charge in [0.1, 0.15) is 5.83 Å². The van der Waals surface area contributed by atoms with Crippen LogP contribution in [0.4, 0.5) is 10.1 Å². The van der Waals surface area contributed by atoms with Crippen LogP contribution in [0.3, 0.4) is 0 Å². The molecule has 1 fully saturated rings. The van der Waals surface area contributed by atoms with Gasteiger partial charge in [0, 0.05) is 24.9 Å². The number of halogens is 3. The van der Waals surface area contributed by atoms with Crippen molar-refractivity contribution in [2.45, 2.75) is 12.0 Å². The second kappa shape index (κ2) is 7.46. The number of hydrogen-bond donors (Lipinski definition) is 2. The van der Waals surface area contributed by atoms with Crippen LogP contribution in [0.1, 0.15) is 6.42 Å². The first-order valence-electron chi connectivity index (χ1n) is 8.30. The van der Waals surface area contributed by atoms with Crippen molar-refractivity contribution in [3.8, 4) is 0 Å². The SMILES string of the molecule is C=C(Cl)/C(Cl)=C(\C(=C)F)C1(Nc2ccc3ncc(=O)n(C)c3c2)CCNC1. The third kappa shape index (κ3) is 3.65. The molecule has 0 spiro atoms. The maximum atomic E-state index is 14.4. The van der Waals surface area contributed by atoms with Gasteiger partial charge >= 0.3 is 0 Å². The van der Waals surface area contributed by atoms with Crippen LogP contribution in [0.2, 0.25) is 0 Å². The Morgan fingerprint density at radius 1 is 1.41 bits per heavy atom. The predicted octanol–water partition coefficient (Wildman–Crippen LogP) is 3.81. The van der Waals surface area contributed by atoms with Gasteiger partial charge < -0.3 is 15.2 Å². The molecule has 1 saturated heterocycles. The van der Waals surface area contributed by atoms with E-state index in [1.165, 1.54) is 10.8 Å². The lowest BCUT2D eigenvalue weighted by Gasteiger charge is -2.34. The average molecular weight is 409 g/mol. The molecule has 0 bridgehead atoms. The Kier molecular flexibility index (Phi) is 5.42. The highest BCUT2D eigenvalue weighted by molar-refractivity contribution is 6.44. The normalized spacial score (nSPS) is 20.4. The highest BCUT2D eigenvalue weighted by Gasteiger charge is 2.41. The lowest BCUT2D eigenvalue weighted by atomic mass is 9.86. The van der Waals surface area contributed by atoms with E-state index in [0.29, 0.717) is 36.2 Å². The Hall–Kier alpha value is -2.15. The summed E-state index contributed by atoms with van der Waals surface area (Å²) in [5, 5.41) is 6.66. The maximum Gasteiger partial charge on any atom is 0.269 e. The number of aryl methyl sites for hydroxylation is 1. The van der Waals surface area contributed by atoms with E-state index in [-0.39, 0.29) is 21.2 Å². The van der Waals surface area contributed by atoms with Crippen LogP contribution in [0.25, 0.3) is 11.0 Å². The molecule has 1 unspecified atom stereocenters. The lowest BCUT2D eigenvalue weighted by molar-refractivity contribution is 0.545. The Labute approximate surface area is 166 Å². The minimum atomic E-state index is -0.852. The minimum absolute atomic E-state index is 0.0372. The smallest absolute Gasteiger partial charge is 0.269 e. The van der Waals surface area contributed by atoms with Crippen molar-refractivity contribution in [1.82, 2.24) is 14.9 Å². The summed E-state index contributed by atoms with van der Waals surface area (Å²) in [7, 11) is 1.67. The zero-order valence-electron chi connectivity index (χ0n) is 14.8. The van der Waals surface area contributed by atoms with Crippen molar-refractivity contribution in [2.75, 3.05) is 18.4 Å². The van der Waals surface area contributed by atoms with Gasteiger partial charge in [-0.25, -0.2) is 9.37 Å². The van der Waals surface area contributed by atoms with Gasteiger partial charge in [-0.15, -0.1) is 0 Å².